The molecule has 0 aliphatic carbocycles. The van der Waals surface area contributed by atoms with E-state index in [0.717, 1.165) is 42.5 Å². The smallest absolute Gasteiger partial charge is 0.283 e. The van der Waals surface area contributed by atoms with E-state index in [1.807, 2.05) is 24.3 Å². The third kappa shape index (κ3) is 4.85. The molecule has 1 saturated heterocycles. The van der Waals surface area contributed by atoms with Gasteiger partial charge in [0.2, 0.25) is 5.89 Å². The van der Waals surface area contributed by atoms with Crippen molar-refractivity contribution in [3.05, 3.63) is 72.1 Å². The fourth-order valence-corrected chi connectivity index (χ4v) is 5.43. The van der Waals surface area contributed by atoms with Gasteiger partial charge < -0.3 is 28.3 Å². The van der Waals surface area contributed by atoms with Crippen LogP contribution >= 0.6 is 0 Å². The molecule has 6 rings (SSSR count). The number of benzene rings is 3. The maximum atomic E-state index is 10.8. The minimum Gasteiger partial charge on any atom is -0.496 e. The minimum absolute atomic E-state index is 0.192. The Bertz CT molecular complexity index is 1550. The maximum absolute atomic E-state index is 10.8. The van der Waals surface area contributed by atoms with Crippen molar-refractivity contribution in [3.63, 3.8) is 0 Å². The normalized spacial score (nSPS) is 15.8. The van der Waals surface area contributed by atoms with E-state index in [-0.39, 0.29) is 6.61 Å². The number of rotatable bonds is 8. The van der Waals surface area contributed by atoms with Crippen LogP contribution in [0.3, 0.4) is 0 Å². The molecule has 0 bridgehead atoms. The first-order valence-corrected chi connectivity index (χ1v) is 13.0. The lowest BCUT2D eigenvalue weighted by atomic mass is 9.87. The lowest BCUT2D eigenvalue weighted by molar-refractivity contribution is 0.0598. The average molecular weight is 514 g/mol. The number of aliphatic hydroxyl groups excluding tert-OH is 1. The number of hydrogen-bond acceptors (Lipinski definition) is 8. The summed E-state index contributed by atoms with van der Waals surface area (Å²) in [5.41, 5.74) is 1.94. The summed E-state index contributed by atoms with van der Waals surface area (Å²) in [4.78, 5) is 2.31. The van der Waals surface area contributed by atoms with Crippen LogP contribution in [0.15, 0.2) is 69.5 Å². The zero-order chi connectivity index (χ0) is 26.1. The molecule has 0 spiro atoms. The van der Waals surface area contributed by atoms with Gasteiger partial charge in [-0.05, 0) is 54.9 Å². The number of aliphatic hydroxyl groups is 1. The molecule has 1 aliphatic heterocycles. The first-order valence-electron chi connectivity index (χ1n) is 13.0. The summed E-state index contributed by atoms with van der Waals surface area (Å²) in [6.07, 6.45) is 1.44. The average Bonchev–Trinajstić information content (AvgIpc) is 3.58. The highest BCUT2D eigenvalue weighted by Crippen LogP contribution is 2.39. The van der Waals surface area contributed by atoms with E-state index in [1.165, 1.54) is 10.9 Å². The summed E-state index contributed by atoms with van der Waals surface area (Å²) in [6.45, 7) is 4.33. The van der Waals surface area contributed by atoms with Crippen LogP contribution < -0.4 is 9.47 Å². The Labute approximate surface area is 220 Å². The van der Waals surface area contributed by atoms with Crippen LogP contribution in [0.2, 0.25) is 0 Å². The molecule has 38 heavy (non-hydrogen) atoms. The number of hydrogen-bond donors (Lipinski definition) is 1. The molecule has 1 fully saturated rings. The van der Waals surface area contributed by atoms with Gasteiger partial charge in [0.05, 0.1) is 12.5 Å². The molecule has 1 atom stereocenters. The van der Waals surface area contributed by atoms with Gasteiger partial charge in [-0.3, -0.25) is 0 Å². The van der Waals surface area contributed by atoms with Crippen molar-refractivity contribution in [1.82, 2.24) is 15.1 Å². The largest absolute Gasteiger partial charge is 0.496 e. The fourth-order valence-electron chi connectivity index (χ4n) is 5.43. The number of methoxy groups -OCH3 is 1. The van der Waals surface area contributed by atoms with Crippen LogP contribution in [-0.2, 0) is 0 Å². The van der Waals surface area contributed by atoms with Crippen LogP contribution in [0, 0.1) is 6.92 Å². The Hall–Kier alpha value is -3.88. The van der Waals surface area contributed by atoms with Crippen LogP contribution in [-0.4, -0.2) is 59.7 Å². The summed E-state index contributed by atoms with van der Waals surface area (Å²) in [6, 6.07) is 20.2. The Morgan fingerprint density at radius 2 is 1.84 bits per heavy atom. The number of likely N-dealkylation sites (tertiary alicyclic amines) is 1. The van der Waals surface area contributed by atoms with E-state index in [9.17, 15) is 5.11 Å². The molecule has 0 amide bonds. The van der Waals surface area contributed by atoms with Crippen molar-refractivity contribution in [2.24, 2.45) is 0 Å². The third-order valence-electron chi connectivity index (χ3n) is 7.30. The molecule has 3 aromatic carbocycles. The number of aromatic nitrogens is 2. The second-order valence-electron chi connectivity index (χ2n) is 9.85. The second-order valence-corrected chi connectivity index (χ2v) is 9.85. The van der Waals surface area contributed by atoms with Crippen molar-refractivity contribution in [1.29, 1.82) is 0 Å². The molecule has 196 valence electrons. The predicted molar refractivity (Wildman–Crippen MR) is 145 cm³/mol. The molecule has 8 nitrogen and oxygen atoms in total. The first-order chi connectivity index (χ1) is 18.6. The molecule has 0 saturated carbocycles. The van der Waals surface area contributed by atoms with Gasteiger partial charge in [-0.1, -0.05) is 42.5 Å². The van der Waals surface area contributed by atoms with E-state index >= 15 is 0 Å². The molecule has 8 heteroatoms. The SMILES string of the molecule is COc1c(C2CCN(CC(O)COc3cccc4oc(-c5nnc(C)o5)cc34)CC2)ccc2ccccc12. The standard InChI is InChI=1S/C30H31N3O5/c1-19-31-32-30(37-19)28-16-25-26(8-5-9-27(25)38-28)36-18-22(34)17-33-14-12-21(13-15-33)24-11-10-20-6-3-4-7-23(20)29(24)35-2/h3-11,16,21-22,34H,12-15,17-18H2,1-2H3. The van der Waals surface area contributed by atoms with Gasteiger partial charge in [-0.25, -0.2) is 0 Å². The van der Waals surface area contributed by atoms with Gasteiger partial charge in [0, 0.05) is 24.9 Å². The Morgan fingerprint density at radius 3 is 2.63 bits per heavy atom. The number of nitrogens with zero attached hydrogens (tertiary/aromatic N) is 3. The number of aryl methyl sites for hydroxylation is 1. The van der Waals surface area contributed by atoms with Crippen LogP contribution in [0.1, 0.15) is 30.2 Å². The fraction of sp³-hybridized carbons (Fsp3) is 0.333. The first kappa shape index (κ1) is 24.5. The number of ether oxygens (including phenoxy) is 2. The highest BCUT2D eigenvalue weighted by Gasteiger charge is 2.25. The molecule has 0 radical (unpaired) electrons. The monoisotopic (exact) mass is 513 g/mol. The summed E-state index contributed by atoms with van der Waals surface area (Å²) in [5.74, 6) is 3.36. The third-order valence-corrected chi connectivity index (χ3v) is 7.30. The number of β-amino-alcohol motifs (C(OH)–C–C–N with tert-alkyl or cyclic N) is 1. The van der Waals surface area contributed by atoms with Gasteiger partial charge in [0.25, 0.3) is 5.89 Å². The molecular weight excluding hydrogens is 482 g/mol. The summed E-state index contributed by atoms with van der Waals surface area (Å²) in [7, 11) is 1.76. The van der Waals surface area contributed by atoms with Gasteiger partial charge in [-0.15, -0.1) is 10.2 Å². The van der Waals surface area contributed by atoms with Crippen LogP contribution in [0.5, 0.6) is 11.5 Å². The quantitative estimate of drug-likeness (QED) is 0.288. The van der Waals surface area contributed by atoms with E-state index in [0.29, 0.717) is 41.3 Å². The van der Waals surface area contributed by atoms with Crippen LogP contribution in [0.4, 0.5) is 0 Å². The lowest BCUT2D eigenvalue weighted by Gasteiger charge is -2.34. The number of fused-ring (bicyclic) bond motifs is 2. The van der Waals surface area contributed by atoms with Gasteiger partial charge in [-0.2, -0.15) is 0 Å². The topological polar surface area (TPSA) is 94.0 Å². The predicted octanol–water partition coefficient (Wildman–Crippen LogP) is 5.57. The highest BCUT2D eigenvalue weighted by atomic mass is 16.5. The number of piperidine rings is 1. The maximum Gasteiger partial charge on any atom is 0.283 e. The zero-order valence-corrected chi connectivity index (χ0v) is 21.6. The summed E-state index contributed by atoms with van der Waals surface area (Å²) < 4.78 is 23.2. The van der Waals surface area contributed by atoms with Gasteiger partial charge >= 0.3 is 0 Å². The molecule has 1 unspecified atom stereocenters. The summed E-state index contributed by atoms with van der Waals surface area (Å²) in [5, 5.41) is 21.8. The summed E-state index contributed by atoms with van der Waals surface area (Å²) >= 11 is 0. The van der Waals surface area contributed by atoms with E-state index in [2.05, 4.69) is 51.5 Å². The molecule has 1 N–H and O–H groups in total. The van der Waals surface area contributed by atoms with E-state index < -0.39 is 6.10 Å². The Morgan fingerprint density at radius 1 is 1.00 bits per heavy atom. The number of furan rings is 1. The van der Waals surface area contributed by atoms with Crippen molar-refractivity contribution >= 4 is 21.7 Å². The minimum atomic E-state index is -0.609. The molecule has 1 aliphatic rings. The lowest BCUT2D eigenvalue weighted by Crippen LogP contribution is -2.40. The highest BCUT2D eigenvalue weighted by molar-refractivity contribution is 5.90. The van der Waals surface area contributed by atoms with Crippen LogP contribution in [0.25, 0.3) is 33.4 Å². The Balaban J connectivity index is 1.06. The van der Waals surface area contributed by atoms with E-state index in [1.54, 1.807) is 14.0 Å². The van der Waals surface area contributed by atoms with Crippen molar-refractivity contribution < 1.29 is 23.4 Å². The van der Waals surface area contributed by atoms with Crippen molar-refractivity contribution in [2.45, 2.75) is 31.8 Å². The van der Waals surface area contributed by atoms with E-state index in [4.69, 9.17) is 18.3 Å². The van der Waals surface area contributed by atoms with Gasteiger partial charge in [0.1, 0.15) is 29.8 Å². The Kier molecular flexibility index (Phi) is 6.74. The zero-order valence-electron chi connectivity index (χ0n) is 21.6. The second kappa shape index (κ2) is 10.5. The molecular formula is C30H31N3O5. The molecule has 2 aromatic heterocycles. The van der Waals surface area contributed by atoms with Crippen molar-refractivity contribution in [3.8, 4) is 23.1 Å². The van der Waals surface area contributed by atoms with Crippen molar-refractivity contribution in [2.75, 3.05) is 33.4 Å². The molecule has 5 aromatic rings. The molecule has 3 heterocycles. The van der Waals surface area contributed by atoms with Gasteiger partial charge in [0.15, 0.2) is 5.76 Å².